The molecule has 106 valence electrons. The number of carbonyl (C=O) groups excluding carboxylic acids is 1. The Hall–Kier alpha value is -1.86. The lowest BCUT2D eigenvalue weighted by Crippen LogP contribution is -2.28. The molecule has 1 aliphatic heterocycles. The average Bonchev–Trinajstić information content (AvgIpc) is 2.85. The minimum Gasteiger partial charge on any atom is -0.477 e. The predicted octanol–water partition coefficient (Wildman–Crippen LogP) is 2.30. The van der Waals surface area contributed by atoms with E-state index < -0.39 is 23.8 Å². The third-order valence-electron chi connectivity index (χ3n) is 2.46. The number of anilines is 1. The van der Waals surface area contributed by atoms with Gasteiger partial charge in [-0.3, -0.25) is 4.79 Å². The highest BCUT2D eigenvalue weighted by Crippen LogP contribution is 2.27. The number of carbonyl (C=O) groups is 2. The zero-order valence-corrected chi connectivity index (χ0v) is 11.2. The summed E-state index contributed by atoms with van der Waals surface area (Å²) >= 11 is 11.2. The number of halogens is 3. The maximum atomic E-state index is 13.2. The van der Waals surface area contributed by atoms with Crippen molar-refractivity contribution in [1.82, 2.24) is 0 Å². The first-order chi connectivity index (χ1) is 9.38. The van der Waals surface area contributed by atoms with Crippen molar-refractivity contribution < 1.29 is 23.9 Å². The molecule has 1 aromatic rings. The third kappa shape index (κ3) is 3.00. The molecule has 0 saturated carbocycles. The minimum atomic E-state index is -1.26. The zero-order valence-electron chi connectivity index (χ0n) is 9.69. The maximum absolute atomic E-state index is 13.2. The van der Waals surface area contributed by atoms with E-state index >= 15 is 0 Å². The number of aliphatic carboxylic acids is 1. The molecule has 2 rings (SSSR count). The van der Waals surface area contributed by atoms with Gasteiger partial charge in [-0.15, -0.1) is 0 Å². The van der Waals surface area contributed by atoms with Gasteiger partial charge >= 0.3 is 5.97 Å². The number of hydrogen-bond donors (Lipinski definition) is 2. The summed E-state index contributed by atoms with van der Waals surface area (Å²) in [6.07, 6.45) is -1.23. The van der Waals surface area contributed by atoms with E-state index in [0.717, 1.165) is 0 Å². The molecule has 0 radical (unpaired) electrons. The molecular weight excluding hydrogens is 314 g/mol. The Kier molecular flexibility index (Phi) is 4.10. The summed E-state index contributed by atoms with van der Waals surface area (Å²) in [5.74, 6) is -2.68. The number of oxime groups is 1. The van der Waals surface area contributed by atoms with Gasteiger partial charge in [0.05, 0.1) is 10.0 Å². The number of amides is 1. The molecule has 0 spiro atoms. The van der Waals surface area contributed by atoms with Gasteiger partial charge in [0.15, 0.2) is 11.5 Å². The van der Waals surface area contributed by atoms with Crippen molar-refractivity contribution in [2.45, 2.75) is 12.5 Å². The van der Waals surface area contributed by atoms with E-state index in [1.165, 1.54) is 12.1 Å². The van der Waals surface area contributed by atoms with E-state index in [4.69, 9.17) is 33.1 Å². The van der Waals surface area contributed by atoms with Crippen LogP contribution in [0.3, 0.4) is 0 Å². The summed E-state index contributed by atoms with van der Waals surface area (Å²) in [5.41, 5.74) is -0.0842. The lowest BCUT2D eigenvalue weighted by atomic mass is 10.1. The Balaban J connectivity index is 2.05. The predicted molar refractivity (Wildman–Crippen MR) is 69.6 cm³/mol. The molecule has 20 heavy (non-hydrogen) atoms. The van der Waals surface area contributed by atoms with Crippen LogP contribution in [0.25, 0.3) is 0 Å². The van der Waals surface area contributed by atoms with Gasteiger partial charge in [0, 0.05) is 12.1 Å². The highest BCUT2D eigenvalue weighted by atomic mass is 35.5. The van der Waals surface area contributed by atoms with Crippen molar-refractivity contribution in [2.24, 2.45) is 5.16 Å². The van der Waals surface area contributed by atoms with Gasteiger partial charge in [-0.2, -0.15) is 0 Å². The monoisotopic (exact) mass is 320 g/mol. The molecule has 9 heteroatoms. The van der Waals surface area contributed by atoms with Crippen LogP contribution in [0.1, 0.15) is 6.42 Å². The summed E-state index contributed by atoms with van der Waals surface area (Å²) in [7, 11) is 0. The van der Waals surface area contributed by atoms with Crippen LogP contribution in [0.5, 0.6) is 0 Å². The molecule has 0 saturated heterocycles. The van der Waals surface area contributed by atoms with E-state index in [2.05, 4.69) is 10.5 Å². The Morgan fingerprint density at radius 2 is 2.00 bits per heavy atom. The fraction of sp³-hybridized carbons (Fsp3) is 0.182. The lowest BCUT2D eigenvalue weighted by molar-refractivity contribution is -0.129. The van der Waals surface area contributed by atoms with Gasteiger partial charge in [0.1, 0.15) is 0 Å². The number of nitrogens with zero attached hydrogens (tertiary/aromatic N) is 1. The van der Waals surface area contributed by atoms with Crippen LogP contribution in [0.2, 0.25) is 10.0 Å². The van der Waals surface area contributed by atoms with Gasteiger partial charge in [-0.05, 0) is 12.1 Å². The summed E-state index contributed by atoms with van der Waals surface area (Å²) in [6, 6.07) is 2.35. The largest absolute Gasteiger partial charge is 0.477 e. The standard InChI is InChI=1S/C11H7Cl2FN2O4/c12-5-1-4(2-6(13)9(5)14)15-10(17)8-3-7(11(18)19)16-20-8/h1-2,8H,3H2,(H,15,17)(H,18,19). The summed E-state index contributed by atoms with van der Waals surface area (Å²) in [5, 5.41) is 13.9. The fourth-order valence-corrected chi connectivity index (χ4v) is 1.98. The van der Waals surface area contributed by atoms with Crippen LogP contribution in [0.15, 0.2) is 17.3 Å². The smallest absolute Gasteiger partial charge is 0.353 e. The Morgan fingerprint density at radius 1 is 1.40 bits per heavy atom. The third-order valence-corrected chi connectivity index (χ3v) is 3.01. The first-order valence-corrected chi connectivity index (χ1v) is 6.05. The van der Waals surface area contributed by atoms with Crippen molar-refractivity contribution in [1.29, 1.82) is 0 Å². The van der Waals surface area contributed by atoms with E-state index in [9.17, 15) is 14.0 Å². The van der Waals surface area contributed by atoms with Gasteiger partial charge in [-0.25, -0.2) is 9.18 Å². The van der Waals surface area contributed by atoms with Gasteiger partial charge in [-0.1, -0.05) is 28.4 Å². The highest BCUT2D eigenvalue weighted by molar-refractivity contribution is 6.36. The number of benzene rings is 1. The molecule has 0 aliphatic carbocycles. The molecule has 1 amide bonds. The SMILES string of the molecule is O=C(O)C1=NOC(C(=O)Nc2cc(Cl)c(F)c(Cl)c2)C1. The zero-order chi connectivity index (χ0) is 14.9. The second-order valence-corrected chi connectivity index (χ2v) is 4.70. The normalized spacial score (nSPS) is 17.4. The number of nitrogens with one attached hydrogen (secondary N) is 1. The van der Waals surface area contributed by atoms with Crippen LogP contribution in [0.4, 0.5) is 10.1 Å². The van der Waals surface area contributed by atoms with Gasteiger partial charge in [0.25, 0.3) is 5.91 Å². The van der Waals surface area contributed by atoms with Crippen molar-refractivity contribution in [3.63, 3.8) is 0 Å². The molecule has 2 N–H and O–H groups in total. The van der Waals surface area contributed by atoms with E-state index in [-0.39, 0.29) is 27.9 Å². The number of rotatable bonds is 3. The first-order valence-electron chi connectivity index (χ1n) is 5.30. The van der Waals surface area contributed by atoms with Crippen molar-refractivity contribution in [3.05, 3.63) is 28.0 Å². The minimum absolute atomic E-state index is 0.163. The van der Waals surface area contributed by atoms with Gasteiger partial charge < -0.3 is 15.3 Å². The fourth-order valence-electron chi connectivity index (χ4n) is 1.49. The molecular formula is C11H7Cl2FN2O4. The van der Waals surface area contributed by atoms with Crippen LogP contribution >= 0.6 is 23.2 Å². The van der Waals surface area contributed by atoms with Crippen LogP contribution in [0, 0.1) is 5.82 Å². The van der Waals surface area contributed by atoms with Crippen LogP contribution < -0.4 is 5.32 Å². The summed E-state index contributed by atoms with van der Waals surface area (Å²) in [6.45, 7) is 0. The second-order valence-electron chi connectivity index (χ2n) is 3.88. The Labute approximate surface area is 122 Å². The number of carboxylic acids is 1. The van der Waals surface area contributed by atoms with Gasteiger partial charge in [0.2, 0.25) is 6.10 Å². The molecule has 1 heterocycles. The molecule has 0 fully saturated rings. The summed E-state index contributed by atoms with van der Waals surface area (Å²) in [4.78, 5) is 27.1. The molecule has 1 atom stereocenters. The maximum Gasteiger partial charge on any atom is 0.353 e. The first kappa shape index (κ1) is 14.5. The molecule has 1 unspecified atom stereocenters. The van der Waals surface area contributed by atoms with E-state index in [1.54, 1.807) is 0 Å². The van der Waals surface area contributed by atoms with Crippen molar-refractivity contribution >= 4 is 46.5 Å². The lowest BCUT2D eigenvalue weighted by Gasteiger charge is -2.10. The van der Waals surface area contributed by atoms with Crippen molar-refractivity contribution in [2.75, 3.05) is 5.32 Å². The molecule has 1 aromatic carbocycles. The summed E-state index contributed by atoms with van der Waals surface area (Å²) < 4.78 is 13.2. The van der Waals surface area contributed by atoms with Crippen molar-refractivity contribution in [3.8, 4) is 0 Å². The Morgan fingerprint density at radius 3 is 2.50 bits per heavy atom. The Bertz CT molecular complexity index is 597. The molecule has 1 aliphatic rings. The molecule has 0 bridgehead atoms. The van der Waals surface area contributed by atoms with Crippen LogP contribution in [-0.4, -0.2) is 28.8 Å². The average molecular weight is 321 g/mol. The highest BCUT2D eigenvalue weighted by Gasteiger charge is 2.31. The number of hydrogen-bond acceptors (Lipinski definition) is 4. The number of carboxylic acid groups (broad SMARTS) is 1. The topological polar surface area (TPSA) is 88.0 Å². The van der Waals surface area contributed by atoms with E-state index in [1.807, 2.05) is 0 Å². The van der Waals surface area contributed by atoms with Crippen LogP contribution in [-0.2, 0) is 14.4 Å². The quantitative estimate of drug-likeness (QED) is 0.836. The van der Waals surface area contributed by atoms with E-state index in [0.29, 0.717) is 0 Å². The molecule has 0 aromatic heterocycles. The second kappa shape index (κ2) is 5.64. The molecule has 6 nitrogen and oxygen atoms in total.